The molecule has 2 atom stereocenters. The van der Waals surface area contributed by atoms with E-state index in [0.29, 0.717) is 38.6 Å². The van der Waals surface area contributed by atoms with Crippen LogP contribution in [0.15, 0.2) is 18.2 Å². The normalized spacial score (nSPS) is 23.0. The van der Waals surface area contributed by atoms with E-state index in [-0.39, 0.29) is 24.2 Å². The standard InChI is InChI=1S/C22H30ClF3N4O2/c1-15-4-2-3-5-19(15)28-21(32)14-30-10-8-29(9-11-30)13-20(31)27-16-6-7-18(23)17(12-16)22(24,25)26/h6-7,12,15,19H,2-5,8-11,13-14H2,1H3,(H,27,31)(H,28,32). The summed E-state index contributed by atoms with van der Waals surface area (Å²) >= 11 is 5.61. The molecule has 0 aromatic heterocycles. The lowest BCUT2D eigenvalue weighted by molar-refractivity contribution is -0.137. The molecule has 2 fully saturated rings. The first-order valence-corrected chi connectivity index (χ1v) is 11.4. The van der Waals surface area contributed by atoms with E-state index in [0.717, 1.165) is 31.4 Å². The summed E-state index contributed by atoms with van der Waals surface area (Å²) in [4.78, 5) is 28.7. The molecule has 0 spiro atoms. The molecule has 1 saturated heterocycles. The van der Waals surface area contributed by atoms with Crippen LogP contribution >= 0.6 is 11.6 Å². The Hall–Kier alpha value is -1.84. The molecule has 2 aliphatic rings. The van der Waals surface area contributed by atoms with Crippen molar-refractivity contribution in [1.82, 2.24) is 15.1 Å². The molecule has 0 bridgehead atoms. The lowest BCUT2D eigenvalue weighted by atomic mass is 9.86. The van der Waals surface area contributed by atoms with Gasteiger partial charge < -0.3 is 10.6 Å². The van der Waals surface area contributed by atoms with Crippen LogP contribution in [0.4, 0.5) is 18.9 Å². The summed E-state index contributed by atoms with van der Waals surface area (Å²) in [6.45, 7) is 5.11. The fourth-order valence-corrected chi connectivity index (χ4v) is 4.54. The summed E-state index contributed by atoms with van der Waals surface area (Å²) in [6.07, 6.45) is -0.0171. The van der Waals surface area contributed by atoms with Crippen LogP contribution in [0.3, 0.4) is 0 Å². The van der Waals surface area contributed by atoms with E-state index in [1.54, 1.807) is 0 Å². The van der Waals surface area contributed by atoms with Crippen molar-refractivity contribution in [2.75, 3.05) is 44.6 Å². The minimum Gasteiger partial charge on any atom is -0.352 e. The number of anilines is 1. The SMILES string of the molecule is CC1CCCCC1NC(=O)CN1CCN(CC(=O)Nc2ccc(Cl)c(C(F)(F)F)c2)CC1. The Kier molecular flexibility index (Phi) is 8.41. The molecule has 178 valence electrons. The molecule has 1 saturated carbocycles. The van der Waals surface area contributed by atoms with Gasteiger partial charge in [-0.15, -0.1) is 0 Å². The molecule has 0 radical (unpaired) electrons. The van der Waals surface area contributed by atoms with Crippen LogP contribution in [0.2, 0.25) is 5.02 Å². The number of rotatable bonds is 6. The number of piperazine rings is 1. The average molecular weight is 475 g/mol. The van der Waals surface area contributed by atoms with E-state index in [1.807, 2.05) is 4.90 Å². The number of benzene rings is 1. The lowest BCUT2D eigenvalue weighted by Gasteiger charge is -2.35. The lowest BCUT2D eigenvalue weighted by Crippen LogP contribution is -2.52. The van der Waals surface area contributed by atoms with Gasteiger partial charge in [0.1, 0.15) is 0 Å². The van der Waals surface area contributed by atoms with E-state index in [2.05, 4.69) is 22.5 Å². The van der Waals surface area contributed by atoms with E-state index in [1.165, 1.54) is 12.5 Å². The summed E-state index contributed by atoms with van der Waals surface area (Å²) < 4.78 is 38.9. The number of hydrogen-bond acceptors (Lipinski definition) is 4. The first-order valence-electron chi connectivity index (χ1n) is 11.0. The number of amides is 2. The Morgan fingerprint density at radius 1 is 1.03 bits per heavy atom. The van der Waals surface area contributed by atoms with Crippen molar-refractivity contribution in [3.05, 3.63) is 28.8 Å². The number of hydrogen-bond donors (Lipinski definition) is 2. The molecule has 2 N–H and O–H groups in total. The summed E-state index contributed by atoms with van der Waals surface area (Å²) in [5.41, 5.74) is -0.926. The summed E-state index contributed by atoms with van der Waals surface area (Å²) in [5.74, 6) is 0.159. The van der Waals surface area contributed by atoms with Crippen molar-refractivity contribution in [2.45, 2.75) is 44.8 Å². The number of carbonyl (C=O) groups is 2. The maximum absolute atomic E-state index is 13.0. The highest BCUT2D eigenvalue weighted by Crippen LogP contribution is 2.36. The molecular formula is C22H30ClF3N4O2. The third-order valence-corrected chi connectivity index (χ3v) is 6.54. The van der Waals surface area contributed by atoms with Gasteiger partial charge in [0.05, 0.1) is 23.7 Å². The maximum Gasteiger partial charge on any atom is 0.417 e. The maximum atomic E-state index is 13.0. The first kappa shape index (κ1) is 24.8. The highest BCUT2D eigenvalue weighted by molar-refractivity contribution is 6.31. The highest BCUT2D eigenvalue weighted by Gasteiger charge is 2.33. The zero-order chi connectivity index (χ0) is 23.3. The van der Waals surface area contributed by atoms with Crippen molar-refractivity contribution in [2.24, 2.45) is 5.92 Å². The molecule has 1 aliphatic heterocycles. The Morgan fingerprint density at radius 3 is 2.22 bits per heavy atom. The monoisotopic (exact) mass is 474 g/mol. The fraction of sp³-hybridized carbons (Fsp3) is 0.636. The summed E-state index contributed by atoms with van der Waals surface area (Å²) in [6, 6.07) is 3.56. The molecule has 1 heterocycles. The van der Waals surface area contributed by atoms with Gasteiger partial charge in [0.15, 0.2) is 0 Å². The second-order valence-electron chi connectivity index (χ2n) is 8.73. The number of nitrogens with one attached hydrogen (secondary N) is 2. The molecule has 6 nitrogen and oxygen atoms in total. The van der Waals surface area contributed by atoms with Crippen LogP contribution in [0, 0.1) is 5.92 Å². The molecule has 2 amide bonds. The number of nitrogens with zero attached hydrogens (tertiary/aromatic N) is 2. The largest absolute Gasteiger partial charge is 0.417 e. The number of carbonyl (C=O) groups excluding carboxylic acids is 2. The number of halogens is 4. The van der Waals surface area contributed by atoms with Gasteiger partial charge in [-0.3, -0.25) is 19.4 Å². The molecule has 10 heteroatoms. The van der Waals surface area contributed by atoms with Crippen molar-refractivity contribution in [3.63, 3.8) is 0 Å². The van der Waals surface area contributed by atoms with E-state index < -0.39 is 22.7 Å². The third kappa shape index (κ3) is 7.08. The zero-order valence-corrected chi connectivity index (χ0v) is 18.9. The fourth-order valence-electron chi connectivity index (χ4n) is 4.32. The van der Waals surface area contributed by atoms with Crippen molar-refractivity contribution < 1.29 is 22.8 Å². The minimum atomic E-state index is -4.59. The average Bonchev–Trinajstić information content (AvgIpc) is 2.72. The minimum absolute atomic E-state index is 0.0400. The Balaban J connectivity index is 1.41. The summed E-state index contributed by atoms with van der Waals surface area (Å²) in [5, 5.41) is 5.25. The second kappa shape index (κ2) is 10.9. The van der Waals surface area contributed by atoms with Gasteiger partial charge in [-0.1, -0.05) is 31.4 Å². The van der Waals surface area contributed by atoms with Gasteiger partial charge in [-0.25, -0.2) is 0 Å². The molecule has 1 aromatic rings. The van der Waals surface area contributed by atoms with Crippen molar-refractivity contribution in [3.8, 4) is 0 Å². The van der Waals surface area contributed by atoms with Crippen molar-refractivity contribution >= 4 is 29.1 Å². The Bertz CT molecular complexity index is 813. The van der Waals surface area contributed by atoms with Crippen LogP contribution in [-0.2, 0) is 15.8 Å². The topological polar surface area (TPSA) is 64.7 Å². The van der Waals surface area contributed by atoms with Crippen LogP contribution in [0.5, 0.6) is 0 Å². The zero-order valence-electron chi connectivity index (χ0n) is 18.2. The molecular weight excluding hydrogens is 445 g/mol. The van der Waals surface area contributed by atoms with E-state index >= 15 is 0 Å². The molecule has 1 aromatic carbocycles. The van der Waals surface area contributed by atoms with Crippen LogP contribution in [0.1, 0.15) is 38.2 Å². The predicted molar refractivity (Wildman–Crippen MR) is 118 cm³/mol. The third-order valence-electron chi connectivity index (χ3n) is 6.21. The summed E-state index contributed by atoms with van der Waals surface area (Å²) in [7, 11) is 0. The Labute approximate surface area is 191 Å². The smallest absolute Gasteiger partial charge is 0.352 e. The highest BCUT2D eigenvalue weighted by atomic mass is 35.5. The first-order chi connectivity index (χ1) is 15.1. The van der Waals surface area contributed by atoms with E-state index in [4.69, 9.17) is 11.6 Å². The van der Waals surface area contributed by atoms with Gasteiger partial charge in [0.2, 0.25) is 11.8 Å². The van der Waals surface area contributed by atoms with Crippen LogP contribution in [0.25, 0.3) is 0 Å². The van der Waals surface area contributed by atoms with E-state index in [9.17, 15) is 22.8 Å². The number of alkyl halides is 3. The molecule has 2 unspecified atom stereocenters. The van der Waals surface area contributed by atoms with Gasteiger partial charge >= 0.3 is 6.18 Å². The van der Waals surface area contributed by atoms with Gasteiger partial charge in [0, 0.05) is 37.9 Å². The van der Waals surface area contributed by atoms with Gasteiger partial charge in [0.25, 0.3) is 0 Å². The predicted octanol–water partition coefficient (Wildman–Crippen LogP) is 3.61. The molecule has 3 rings (SSSR count). The van der Waals surface area contributed by atoms with Crippen LogP contribution in [-0.4, -0.2) is 66.9 Å². The molecule has 32 heavy (non-hydrogen) atoms. The van der Waals surface area contributed by atoms with Crippen LogP contribution < -0.4 is 10.6 Å². The Morgan fingerprint density at radius 2 is 1.62 bits per heavy atom. The second-order valence-corrected chi connectivity index (χ2v) is 9.14. The van der Waals surface area contributed by atoms with Gasteiger partial charge in [-0.2, -0.15) is 13.2 Å². The molecule has 1 aliphatic carbocycles. The quantitative estimate of drug-likeness (QED) is 0.661. The van der Waals surface area contributed by atoms with Crippen molar-refractivity contribution in [1.29, 1.82) is 0 Å². The van der Waals surface area contributed by atoms with Gasteiger partial charge in [-0.05, 0) is 37.0 Å².